The number of aliphatic hydroxyl groups is 1. The minimum atomic E-state index is -0.459. The summed E-state index contributed by atoms with van der Waals surface area (Å²) in [6, 6.07) is 10.5. The summed E-state index contributed by atoms with van der Waals surface area (Å²) in [7, 11) is 1.63. The lowest BCUT2D eigenvalue weighted by atomic mass is 9.98. The molecule has 0 amide bonds. The first-order valence-corrected chi connectivity index (χ1v) is 7.24. The average Bonchev–Trinajstić information content (AvgIpc) is 2.49. The van der Waals surface area contributed by atoms with Crippen molar-refractivity contribution in [2.75, 3.05) is 40.0 Å². The fourth-order valence-electron chi connectivity index (χ4n) is 1.96. The molecule has 0 fully saturated rings. The number of hydrogen-bond acceptors (Lipinski definition) is 4. The van der Waals surface area contributed by atoms with Gasteiger partial charge in [0.25, 0.3) is 0 Å². The molecule has 0 radical (unpaired) electrons. The number of hydrogen-bond donors (Lipinski definition) is 2. The van der Waals surface area contributed by atoms with E-state index in [4.69, 9.17) is 9.47 Å². The minimum Gasteiger partial charge on any atom is -0.389 e. The number of rotatable bonds is 11. The van der Waals surface area contributed by atoms with Gasteiger partial charge in [0.05, 0.1) is 25.9 Å². The van der Waals surface area contributed by atoms with Gasteiger partial charge in [0, 0.05) is 13.7 Å². The molecule has 0 bridgehead atoms. The van der Waals surface area contributed by atoms with Crippen molar-refractivity contribution in [3.05, 3.63) is 35.9 Å². The van der Waals surface area contributed by atoms with Crippen LogP contribution in [0.1, 0.15) is 24.8 Å². The van der Waals surface area contributed by atoms with Gasteiger partial charge < -0.3 is 19.9 Å². The van der Waals surface area contributed by atoms with Crippen LogP contribution in [-0.2, 0) is 9.47 Å². The second-order valence-electron chi connectivity index (χ2n) is 5.03. The van der Waals surface area contributed by atoms with Crippen molar-refractivity contribution in [3.8, 4) is 0 Å². The van der Waals surface area contributed by atoms with Gasteiger partial charge in [0.1, 0.15) is 0 Å². The Hall–Kier alpha value is -0.940. The number of aliphatic hydroxyl groups excluding tert-OH is 1. The van der Waals surface area contributed by atoms with Crippen molar-refractivity contribution in [2.45, 2.75) is 25.4 Å². The van der Waals surface area contributed by atoms with Crippen LogP contribution in [0.5, 0.6) is 0 Å². The highest BCUT2D eigenvalue weighted by molar-refractivity contribution is 5.18. The average molecular weight is 281 g/mol. The lowest BCUT2D eigenvalue weighted by Crippen LogP contribution is -2.31. The molecule has 1 aromatic rings. The summed E-state index contributed by atoms with van der Waals surface area (Å²) >= 11 is 0. The van der Waals surface area contributed by atoms with Crippen molar-refractivity contribution in [3.63, 3.8) is 0 Å². The molecular formula is C16H27NO3. The molecule has 0 saturated heterocycles. The third-order valence-corrected chi connectivity index (χ3v) is 3.24. The van der Waals surface area contributed by atoms with Crippen LogP contribution in [0.3, 0.4) is 0 Å². The highest BCUT2D eigenvalue weighted by Gasteiger charge is 2.06. The van der Waals surface area contributed by atoms with Crippen molar-refractivity contribution in [1.29, 1.82) is 0 Å². The molecule has 114 valence electrons. The van der Waals surface area contributed by atoms with Gasteiger partial charge in [0.2, 0.25) is 0 Å². The van der Waals surface area contributed by atoms with Gasteiger partial charge in [-0.1, -0.05) is 37.3 Å². The summed E-state index contributed by atoms with van der Waals surface area (Å²) < 4.78 is 10.1. The van der Waals surface area contributed by atoms with Gasteiger partial charge in [-0.3, -0.25) is 0 Å². The predicted octanol–water partition coefficient (Wildman–Crippen LogP) is 1.79. The number of ether oxygens (including phenoxy) is 2. The minimum absolute atomic E-state index is 0.352. The Kier molecular flexibility index (Phi) is 9.24. The normalized spacial score (nSPS) is 14.2. The van der Waals surface area contributed by atoms with E-state index in [1.165, 1.54) is 5.56 Å². The van der Waals surface area contributed by atoms with Gasteiger partial charge in [-0.15, -0.1) is 0 Å². The molecule has 1 rings (SSSR count). The lowest BCUT2D eigenvalue weighted by molar-refractivity contribution is 0.0138. The van der Waals surface area contributed by atoms with Gasteiger partial charge in [0.15, 0.2) is 0 Å². The maximum absolute atomic E-state index is 9.70. The third kappa shape index (κ3) is 7.60. The summed E-state index contributed by atoms with van der Waals surface area (Å²) in [4.78, 5) is 0. The Bertz CT molecular complexity index is 332. The molecule has 2 N–H and O–H groups in total. The highest BCUT2D eigenvalue weighted by atomic mass is 16.5. The Balaban J connectivity index is 2.03. The maximum atomic E-state index is 9.70. The summed E-state index contributed by atoms with van der Waals surface area (Å²) in [6.07, 6.45) is 0.597. The largest absolute Gasteiger partial charge is 0.389 e. The SMILES string of the molecule is COCCOCC(O)CNCCC(C)c1ccccc1. The van der Waals surface area contributed by atoms with Crippen LogP contribution >= 0.6 is 0 Å². The number of methoxy groups -OCH3 is 1. The standard InChI is InChI=1S/C16H27NO3/c1-14(15-6-4-3-5-7-15)8-9-17-12-16(18)13-20-11-10-19-2/h3-7,14,16-18H,8-13H2,1-2H3. The summed E-state index contributed by atoms with van der Waals surface area (Å²) in [5.41, 5.74) is 1.36. The molecule has 0 aromatic heterocycles. The third-order valence-electron chi connectivity index (χ3n) is 3.24. The van der Waals surface area contributed by atoms with Crippen molar-refractivity contribution >= 4 is 0 Å². The van der Waals surface area contributed by atoms with Gasteiger partial charge >= 0.3 is 0 Å². The summed E-state index contributed by atoms with van der Waals surface area (Å²) in [5, 5.41) is 13.0. The fourth-order valence-corrected chi connectivity index (χ4v) is 1.96. The fraction of sp³-hybridized carbons (Fsp3) is 0.625. The Morgan fingerprint density at radius 2 is 1.95 bits per heavy atom. The van der Waals surface area contributed by atoms with Crippen LogP contribution in [0.4, 0.5) is 0 Å². The number of benzene rings is 1. The molecular weight excluding hydrogens is 254 g/mol. The molecule has 0 saturated carbocycles. The first-order chi connectivity index (χ1) is 9.74. The van der Waals surface area contributed by atoms with Crippen LogP contribution in [0.25, 0.3) is 0 Å². The predicted molar refractivity (Wildman–Crippen MR) is 81.0 cm³/mol. The zero-order valence-corrected chi connectivity index (χ0v) is 12.5. The van der Waals surface area contributed by atoms with E-state index in [0.717, 1.165) is 13.0 Å². The molecule has 2 atom stereocenters. The van der Waals surface area contributed by atoms with E-state index in [0.29, 0.717) is 32.3 Å². The molecule has 0 heterocycles. The topological polar surface area (TPSA) is 50.7 Å². The molecule has 0 aliphatic rings. The van der Waals surface area contributed by atoms with Crippen LogP contribution in [0, 0.1) is 0 Å². The Labute approximate surface area is 122 Å². The first kappa shape index (κ1) is 17.1. The van der Waals surface area contributed by atoms with E-state index in [-0.39, 0.29) is 0 Å². The summed E-state index contributed by atoms with van der Waals surface area (Å²) in [5.74, 6) is 0.527. The van der Waals surface area contributed by atoms with Crippen molar-refractivity contribution in [1.82, 2.24) is 5.32 Å². The molecule has 4 heteroatoms. The molecule has 4 nitrogen and oxygen atoms in total. The first-order valence-electron chi connectivity index (χ1n) is 7.24. The van der Waals surface area contributed by atoms with E-state index >= 15 is 0 Å². The quantitative estimate of drug-likeness (QED) is 0.607. The molecule has 1 aromatic carbocycles. The lowest BCUT2D eigenvalue weighted by Gasteiger charge is -2.15. The Morgan fingerprint density at radius 3 is 2.65 bits per heavy atom. The molecule has 0 aliphatic carbocycles. The monoisotopic (exact) mass is 281 g/mol. The summed E-state index contributed by atoms with van der Waals surface area (Å²) in [6.45, 7) is 5.12. The maximum Gasteiger partial charge on any atom is 0.0897 e. The van der Waals surface area contributed by atoms with E-state index in [9.17, 15) is 5.11 Å². The van der Waals surface area contributed by atoms with Gasteiger partial charge in [-0.05, 0) is 24.4 Å². The molecule has 2 unspecified atom stereocenters. The smallest absolute Gasteiger partial charge is 0.0897 e. The van der Waals surface area contributed by atoms with Crippen LogP contribution in [0.15, 0.2) is 30.3 Å². The van der Waals surface area contributed by atoms with Crippen molar-refractivity contribution in [2.24, 2.45) is 0 Å². The molecule has 20 heavy (non-hydrogen) atoms. The zero-order valence-electron chi connectivity index (χ0n) is 12.5. The van der Waals surface area contributed by atoms with E-state index in [1.54, 1.807) is 7.11 Å². The van der Waals surface area contributed by atoms with Crippen molar-refractivity contribution < 1.29 is 14.6 Å². The molecule has 0 aliphatic heterocycles. The molecule has 0 spiro atoms. The number of nitrogens with one attached hydrogen (secondary N) is 1. The van der Waals surface area contributed by atoms with Crippen LogP contribution in [0.2, 0.25) is 0 Å². The van der Waals surface area contributed by atoms with Gasteiger partial charge in [-0.2, -0.15) is 0 Å². The van der Waals surface area contributed by atoms with E-state index < -0.39 is 6.10 Å². The van der Waals surface area contributed by atoms with Crippen LogP contribution < -0.4 is 5.32 Å². The second kappa shape index (κ2) is 10.8. The van der Waals surface area contributed by atoms with Crippen LogP contribution in [-0.4, -0.2) is 51.2 Å². The van der Waals surface area contributed by atoms with E-state index in [2.05, 4.69) is 36.5 Å². The van der Waals surface area contributed by atoms with E-state index in [1.807, 2.05) is 6.07 Å². The van der Waals surface area contributed by atoms with Gasteiger partial charge in [-0.25, -0.2) is 0 Å². The Morgan fingerprint density at radius 1 is 1.20 bits per heavy atom. The zero-order chi connectivity index (χ0) is 14.6. The second-order valence-corrected chi connectivity index (χ2v) is 5.03. The highest BCUT2D eigenvalue weighted by Crippen LogP contribution is 2.17.